The van der Waals surface area contributed by atoms with E-state index in [9.17, 15) is 9.59 Å². The molecule has 0 aliphatic heterocycles. The second kappa shape index (κ2) is 4.59. The molecule has 15 heavy (non-hydrogen) atoms. The second-order valence-electron chi connectivity index (χ2n) is 3.36. The molecule has 0 fully saturated rings. The Morgan fingerprint density at radius 1 is 1.73 bits per heavy atom. The minimum atomic E-state index is -0.894. The Balaban J connectivity index is 2.78. The molecular formula is C9H13N3O3. The molecule has 0 radical (unpaired) electrons. The highest BCUT2D eigenvalue weighted by Crippen LogP contribution is 2.04. The Bertz CT molecular complexity index is 402. The van der Waals surface area contributed by atoms with Crippen LogP contribution in [-0.2, 0) is 4.79 Å². The molecule has 2 N–H and O–H groups in total. The third kappa shape index (κ3) is 2.80. The van der Waals surface area contributed by atoms with Gasteiger partial charge in [-0.05, 0) is 0 Å². The van der Waals surface area contributed by atoms with Crippen LogP contribution >= 0.6 is 0 Å². The van der Waals surface area contributed by atoms with Crippen LogP contribution in [0.4, 0.5) is 5.82 Å². The van der Waals surface area contributed by atoms with E-state index >= 15 is 0 Å². The van der Waals surface area contributed by atoms with Crippen LogP contribution < -0.4 is 10.5 Å². The summed E-state index contributed by atoms with van der Waals surface area (Å²) >= 11 is 0. The minimum absolute atomic E-state index is 0.227. The number of hydrogen-bond donors (Lipinski definition) is 2. The van der Waals surface area contributed by atoms with Gasteiger partial charge in [-0.1, -0.05) is 6.92 Å². The van der Waals surface area contributed by atoms with Crippen LogP contribution in [0.2, 0.25) is 0 Å². The lowest BCUT2D eigenvalue weighted by Crippen LogP contribution is -2.32. The van der Waals surface area contributed by atoms with E-state index in [4.69, 9.17) is 5.11 Å². The summed E-state index contributed by atoms with van der Waals surface area (Å²) in [6, 6.07) is 0. The van der Waals surface area contributed by atoms with Crippen molar-refractivity contribution in [1.29, 1.82) is 0 Å². The number of carboxylic acid groups (broad SMARTS) is 1. The van der Waals surface area contributed by atoms with Crippen LogP contribution in [0.1, 0.15) is 6.92 Å². The molecule has 0 aromatic carbocycles. The maximum atomic E-state index is 11.3. The Labute approximate surface area is 86.6 Å². The zero-order valence-electron chi connectivity index (χ0n) is 8.60. The van der Waals surface area contributed by atoms with E-state index in [1.54, 1.807) is 14.0 Å². The molecule has 1 aromatic rings. The maximum Gasteiger partial charge on any atom is 0.308 e. The smallest absolute Gasteiger partial charge is 0.308 e. The van der Waals surface area contributed by atoms with Crippen LogP contribution in [0.25, 0.3) is 0 Å². The summed E-state index contributed by atoms with van der Waals surface area (Å²) in [5, 5.41) is 8.71. The van der Waals surface area contributed by atoms with E-state index in [0.717, 1.165) is 0 Å². The number of hydrogen-bond acceptors (Lipinski definition) is 4. The predicted octanol–water partition coefficient (Wildman–Crippen LogP) is -0.0732. The standard InChI is InChI=1S/C9H13N3O3/c1-6(9(14)15)5-12(2)7-8(13)11-4-3-10-7/h3-4,6H,5H2,1-2H3,(H,11,13)(H,14,15). The van der Waals surface area contributed by atoms with Crippen LogP contribution in [0.5, 0.6) is 0 Å². The Hall–Kier alpha value is -1.85. The average Bonchev–Trinajstić information content (AvgIpc) is 2.18. The molecule has 0 amide bonds. The lowest BCUT2D eigenvalue weighted by Gasteiger charge is -2.18. The van der Waals surface area contributed by atoms with Crippen molar-refractivity contribution in [1.82, 2.24) is 9.97 Å². The molecule has 1 atom stereocenters. The molecular weight excluding hydrogens is 198 g/mol. The van der Waals surface area contributed by atoms with Crippen molar-refractivity contribution in [3.63, 3.8) is 0 Å². The highest BCUT2D eigenvalue weighted by molar-refractivity contribution is 5.70. The van der Waals surface area contributed by atoms with Crippen molar-refractivity contribution in [2.75, 3.05) is 18.5 Å². The number of nitrogens with zero attached hydrogens (tertiary/aromatic N) is 2. The number of aromatic amines is 1. The Morgan fingerprint density at radius 2 is 2.40 bits per heavy atom. The summed E-state index contributed by atoms with van der Waals surface area (Å²) in [6.07, 6.45) is 2.89. The SMILES string of the molecule is CC(CN(C)c1ncc[nH]c1=O)C(=O)O. The van der Waals surface area contributed by atoms with E-state index in [2.05, 4.69) is 9.97 Å². The lowest BCUT2D eigenvalue weighted by atomic mass is 10.2. The fraction of sp³-hybridized carbons (Fsp3) is 0.444. The van der Waals surface area contributed by atoms with Crippen molar-refractivity contribution < 1.29 is 9.90 Å². The third-order valence-electron chi connectivity index (χ3n) is 2.02. The van der Waals surface area contributed by atoms with Gasteiger partial charge in [-0.25, -0.2) is 4.98 Å². The number of carboxylic acids is 1. The summed E-state index contributed by atoms with van der Waals surface area (Å²) in [6.45, 7) is 1.82. The zero-order valence-corrected chi connectivity index (χ0v) is 8.60. The van der Waals surface area contributed by atoms with Crippen molar-refractivity contribution >= 4 is 11.8 Å². The van der Waals surface area contributed by atoms with Crippen LogP contribution in [0, 0.1) is 5.92 Å². The van der Waals surface area contributed by atoms with Gasteiger partial charge < -0.3 is 15.0 Å². The molecule has 1 rings (SSSR count). The predicted molar refractivity (Wildman–Crippen MR) is 54.9 cm³/mol. The zero-order chi connectivity index (χ0) is 11.4. The van der Waals surface area contributed by atoms with Gasteiger partial charge in [0.25, 0.3) is 5.56 Å². The number of nitrogens with one attached hydrogen (secondary N) is 1. The first kappa shape index (κ1) is 11.2. The first-order chi connectivity index (χ1) is 7.02. The molecule has 0 aliphatic carbocycles. The van der Waals surface area contributed by atoms with Crippen molar-refractivity contribution in [3.05, 3.63) is 22.7 Å². The summed E-state index contributed by atoms with van der Waals surface area (Å²) in [5.74, 6) is -1.21. The second-order valence-corrected chi connectivity index (χ2v) is 3.36. The highest BCUT2D eigenvalue weighted by Gasteiger charge is 2.15. The van der Waals surface area contributed by atoms with Crippen molar-refractivity contribution in [2.24, 2.45) is 5.92 Å². The van der Waals surface area contributed by atoms with Gasteiger partial charge in [0.05, 0.1) is 5.92 Å². The molecule has 6 nitrogen and oxygen atoms in total. The fourth-order valence-electron chi connectivity index (χ4n) is 1.19. The molecule has 82 valence electrons. The molecule has 1 aromatic heterocycles. The number of anilines is 1. The molecule has 0 bridgehead atoms. The lowest BCUT2D eigenvalue weighted by molar-refractivity contribution is -0.140. The summed E-state index contributed by atoms with van der Waals surface area (Å²) in [7, 11) is 1.64. The molecule has 6 heteroatoms. The maximum absolute atomic E-state index is 11.3. The van der Waals surface area contributed by atoms with Gasteiger partial charge >= 0.3 is 5.97 Å². The van der Waals surface area contributed by atoms with Gasteiger partial charge in [-0.2, -0.15) is 0 Å². The number of H-pyrrole nitrogens is 1. The number of aliphatic carboxylic acids is 1. The fourth-order valence-corrected chi connectivity index (χ4v) is 1.19. The molecule has 0 spiro atoms. The number of rotatable bonds is 4. The summed E-state index contributed by atoms with van der Waals surface area (Å²) in [5.41, 5.74) is -0.322. The van der Waals surface area contributed by atoms with E-state index < -0.39 is 11.9 Å². The number of aromatic nitrogens is 2. The monoisotopic (exact) mass is 211 g/mol. The van der Waals surface area contributed by atoms with E-state index in [1.165, 1.54) is 17.3 Å². The number of carbonyl (C=O) groups is 1. The van der Waals surface area contributed by atoms with Gasteiger partial charge in [0.1, 0.15) is 0 Å². The molecule has 0 saturated carbocycles. The molecule has 0 aliphatic rings. The first-order valence-corrected chi connectivity index (χ1v) is 4.50. The first-order valence-electron chi connectivity index (χ1n) is 4.50. The van der Waals surface area contributed by atoms with E-state index in [0.29, 0.717) is 0 Å². The van der Waals surface area contributed by atoms with Crippen LogP contribution in [0.3, 0.4) is 0 Å². The van der Waals surface area contributed by atoms with Gasteiger partial charge in [0, 0.05) is 26.0 Å². The molecule has 1 unspecified atom stereocenters. The average molecular weight is 211 g/mol. The summed E-state index contributed by atoms with van der Waals surface area (Å²) in [4.78, 5) is 29.8. The quantitative estimate of drug-likeness (QED) is 0.727. The van der Waals surface area contributed by atoms with E-state index in [1.807, 2.05) is 0 Å². The normalized spacial score (nSPS) is 12.1. The molecule has 0 saturated heterocycles. The van der Waals surface area contributed by atoms with Crippen molar-refractivity contribution in [3.8, 4) is 0 Å². The third-order valence-corrected chi connectivity index (χ3v) is 2.02. The van der Waals surface area contributed by atoms with Gasteiger partial charge in [0.2, 0.25) is 0 Å². The largest absolute Gasteiger partial charge is 0.481 e. The Kier molecular flexibility index (Phi) is 3.43. The highest BCUT2D eigenvalue weighted by atomic mass is 16.4. The molecule has 1 heterocycles. The summed E-state index contributed by atoms with van der Waals surface area (Å²) < 4.78 is 0. The Morgan fingerprint density at radius 3 is 2.93 bits per heavy atom. The minimum Gasteiger partial charge on any atom is -0.481 e. The van der Waals surface area contributed by atoms with Gasteiger partial charge in [-0.15, -0.1) is 0 Å². The van der Waals surface area contributed by atoms with Gasteiger partial charge in [-0.3, -0.25) is 9.59 Å². The van der Waals surface area contributed by atoms with Crippen LogP contribution in [0.15, 0.2) is 17.2 Å². The van der Waals surface area contributed by atoms with Crippen molar-refractivity contribution in [2.45, 2.75) is 6.92 Å². The topological polar surface area (TPSA) is 86.3 Å². The van der Waals surface area contributed by atoms with Crippen LogP contribution in [-0.4, -0.2) is 34.6 Å². The van der Waals surface area contributed by atoms with E-state index in [-0.39, 0.29) is 17.9 Å². The van der Waals surface area contributed by atoms with Gasteiger partial charge in [0.15, 0.2) is 5.82 Å².